The third kappa shape index (κ3) is 4.00. The molecule has 1 saturated heterocycles. The van der Waals surface area contributed by atoms with Crippen molar-refractivity contribution >= 4 is 39.8 Å². The van der Waals surface area contributed by atoms with E-state index in [1.165, 1.54) is 4.90 Å². The second kappa shape index (κ2) is 8.21. The Hall–Kier alpha value is -3.56. The van der Waals surface area contributed by atoms with Gasteiger partial charge in [-0.25, -0.2) is 0 Å². The first-order valence-corrected chi connectivity index (χ1v) is 9.79. The van der Waals surface area contributed by atoms with Crippen LogP contribution < -0.4 is 4.74 Å². The number of benzene rings is 3. The summed E-state index contributed by atoms with van der Waals surface area (Å²) in [5.41, 5.74) is 1.72. The van der Waals surface area contributed by atoms with Crippen molar-refractivity contribution in [3.05, 3.63) is 82.8 Å². The summed E-state index contributed by atoms with van der Waals surface area (Å²) in [6, 6.07) is 22.7. The lowest BCUT2D eigenvalue weighted by Crippen LogP contribution is -2.27. The first kappa shape index (κ1) is 18.8. The van der Waals surface area contributed by atoms with Gasteiger partial charge >= 0.3 is 0 Å². The Kier molecular flexibility index (Phi) is 5.32. The Morgan fingerprint density at radius 1 is 1.00 bits per heavy atom. The molecule has 5 nitrogen and oxygen atoms in total. The minimum absolute atomic E-state index is 0.0214. The number of hydrogen-bond donors (Lipinski definition) is 0. The molecule has 0 aromatic heterocycles. The quantitative estimate of drug-likeness (QED) is 0.565. The molecule has 0 bridgehead atoms. The summed E-state index contributed by atoms with van der Waals surface area (Å²) in [5, 5.41) is 10.4. The molecule has 1 aliphatic heterocycles. The smallest absolute Gasteiger partial charge is 0.293 e. The minimum atomic E-state index is -0.294. The van der Waals surface area contributed by atoms with Crippen molar-refractivity contribution in [2.24, 2.45) is 0 Å². The van der Waals surface area contributed by atoms with Crippen molar-refractivity contribution < 1.29 is 14.3 Å². The Balaban J connectivity index is 1.54. The van der Waals surface area contributed by atoms with Crippen LogP contribution in [0.3, 0.4) is 0 Å². The van der Waals surface area contributed by atoms with Crippen molar-refractivity contribution in [1.82, 2.24) is 4.90 Å². The van der Waals surface area contributed by atoms with Gasteiger partial charge in [0.1, 0.15) is 11.8 Å². The zero-order chi connectivity index (χ0) is 20.2. The van der Waals surface area contributed by atoms with Crippen LogP contribution in [0, 0.1) is 11.3 Å². The monoisotopic (exact) mass is 400 g/mol. The van der Waals surface area contributed by atoms with Gasteiger partial charge in [0, 0.05) is 0 Å². The van der Waals surface area contributed by atoms with E-state index >= 15 is 0 Å². The molecule has 1 aliphatic rings. The maximum absolute atomic E-state index is 12.8. The number of carbonyl (C=O) groups is 2. The highest BCUT2D eigenvalue weighted by Crippen LogP contribution is 2.34. The van der Waals surface area contributed by atoms with Gasteiger partial charge in [-0.2, -0.15) is 5.26 Å². The van der Waals surface area contributed by atoms with Crippen molar-refractivity contribution in [3.63, 3.8) is 0 Å². The molecule has 29 heavy (non-hydrogen) atoms. The molecule has 3 aromatic rings. The summed E-state index contributed by atoms with van der Waals surface area (Å²) in [4.78, 5) is 27.0. The van der Waals surface area contributed by atoms with Crippen LogP contribution in [0.1, 0.15) is 11.1 Å². The molecule has 0 aliphatic carbocycles. The van der Waals surface area contributed by atoms with E-state index in [2.05, 4.69) is 0 Å². The number of imide groups is 1. The molecule has 0 spiro atoms. The van der Waals surface area contributed by atoms with Crippen LogP contribution in [0.5, 0.6) is 5.75 Å². The lowest BCUT2D eigenvalue weighted by atomic mass is 10.0. The lowest BCUT2D eigenvalue weighted by Gasteiger charge is -2.14. The van der Waals surface area contributed by atoms with Crippen LogP contribution in [-0.4, -0.2) is 22.7 Å². The topological polar surface area (TPSA) is 70.4 Å². The molecule has 0 radical (unpaired) electrons. The van der Waals surface area contributed by atoms with Gasteiger partial charge in [-0.3, -0.25) is 14.5 Å². The summed E-state index contributed by atoms with van der Waals surface area (Å²) in [7, 11) is 0. The van der Waals surface area contributed by atoms with E-state index in [4.69, 9.17) is 10.00 Å². The lowest BCUT2D eigenvalue weighted by molar-refractivity contribution is -0.123. The van der Waals surface area contributed by atoms with Crippen LogP contribution in [0.2, 0.25) is 0 Å². The number of fused-ring (bicyclic) bond motifs is 1. The van der Waals surface area contributed by atoms with E-state index in [0.29, 0.717) is 10.7 Å². The average molecular weight is 400 g/mol. The molecule has 0 unspecified atom stereocenters. The molecular weight excluding hydrogens is 384 g/mol. The molecule has 3 aromatic carbocycles. The molecule has 0 atom stereocenters. The summed E-state index contributed by atoms with van der Waals surface area (Å²) in [6.45, 7) is 0.219. The van der Waals surface area contributed by atoms with Crippen LogP contribution in [-0.2, 0) is 11.3 Å². The molecule has 1 heterocycles. The first-order valence-electron chi connectivity index (χ1n) is 8.97. The molecule has 142 valence electrons. The summed E-state index contributed by atoms with van der Waals surface area (Å²) in [6.07, 6.45) is 1.70. The SMILES string of the molecule is N#CCOc1ccc(/C=C2\SC(=O)N(Cc3cccc4ccccc34)C2=O)cc1. The van der Waals surface area contributed by atoms with Crippen LogP contribution >= 0.6 is 11.8 Å². The maximum atomic E-state index is 12.8. The maximum Gasteiger partial charge on any atom is 0.293 e. The van der Waals surface area contributed by atoms with Gasteiger partial charge < -0.3 is 4.74 Å². The molecule has 4 rings (SSSR count). The summed E-state index contributed by atoms with van der Waals surface area (Å²) in [5.74, 6) is 0.283. The van der Waals surface area contributed by atoms with Gasteiger partial charge in [-0.05, 0) is 51.9 Å². The van der Waals surface area contributed by atoms with E-state index < -0.39 is 0 Å². The third-order valence-corrected chi connectivity index (χ3v) is 5.47. The van der Waals surface area contributed by atoms with E-state index in [1.54, 1.807) is 30.3 Å². The first-order chi connectivity index (χ1) is 14.2. The van der Waals surface area contributed by atoms with E-state index in [9.17, 15) is 9.59 Å². The number of carbonyl (C=O) groups excluding carboxylic acids is 2. The standard InChI is InChI=1S/C23H16N2O3S/c24-12-13-28-19-10-8-16(9-11-19)14-21-22(26)25(23(27)29-21)15-18-6-3-5-17-4-1-2-7-20(17)18/h1-11,14H,13,15H2/b21-14-. The average Bonchev–Trinajstić information content (AvgIpc) is 3.01. The molecule has 0 saturated carbocycles. The molecule has 1 fully saturated rings. The van der Waals surface area contributed by atoms with Crippen molar-refractivity contribution in [2.45, 2.75) is 6.54 Å². The number of hydrogen-bond acceptors (Lipinski definition) is 5. The summed E-state index contributed by atoms with van der Waals surface area (Å²) < 4.78 is 5.22. The van der Waals surface area contributed by atoms with Gasteiger partial charge in [-0.1, -0.05) is 54.6 Å². The predicted molar refractivity (Wildman–Crippen MR) is 113 cm³/mol. The van der Waals surface area contributed by atoms with Crippen LogP contribution in [0.25, 0.3) is 16.8 Å². The zero-order valence-electron chi connectivity index (χ0n) is 15.4. The molecule has 0 N–H and O–H groups in total. The van der Waals surface area contributed by atoms with Crippen molar-refractivity contribution in [3.8, 4) is 11.8 Å². The Bertz CT molecular complexity index is 1160. The fourth-order valence-electron chi connectivity index (χ4n) is 3.16. The second-order valence-electron chi connectivity index (χ2n) is 6.42. The number of amides is 2. The molecule has 6 heteroatoms. The number of nitrogens with zero attached hydrogens (tertiary/aromatic N) is 2. The van der Waals surface area contributed by atoms with Crippen LogP contribution in [0.15, 0.2) is 71.6 Å². The Labute approximate surface area is 172 Å². The molecule has 2 amide bonds. The highest BCUT2D eigenvalue weighted by atomic mass is 32.2. The Morgan fingerprint density at radius 3 is 2.55 bits per heavy atom. The fraction of sp³-hybridized carbons (Fsp3) is 0.0870. The third-order valence-electron chi connectivity index (χ3n) is 4.56. The van der Waals surface area contributed by atoms with Gasteiger partial charge in [0.05, 0.1) is 11.4 Å². The minimum Gasteiger partial charge on any atom is -0.479 e. The van der Waals surface area contributed by atoms with Gasteiger partial charge in [0.15, 0.2) is 6.61 Å². The van der Waals surface area contributed by atoms with Gasteiger partial charge in [-0.15, -0.1) is 0 Å². The van der Waals surface area contributed by atoms with Crippen molar-refractivity contribution in [1.29, 1.82) is 5.26 Å². The second-order valence-corrected chi connectivity index (χ2v) is 7.42. The van der Waals surface area contributed by atoms with Crippen molar-refractivity contribution in [2.75, 3.05) is 6.61 Å². The number of rotatable bonds is 5. The summed E-state index contributed by atoms with van der Waals surface area (Å²) >= 11 is 0.944. The number of thioether (sulfide) groups is 1. The normalized spacial score (nSPS) is 15.1. The van der Waals surface area contributed by atoms with E-state index in [-0.39, 0.29) is 24.3 Å². The highest BCUT2D eigenvalue weighted by Gasteiger charge is 2.35. The fourth-order valence-corrected chi connectivity index (χ4v) is 4.00. The highest BCUT2D eigenvalue weighted by molar-refractivity contribution is 8.18. The van der Waals surface area contributed by atoms with E-state index in [0.717, 1.165) is 33.7 Å². The number of nitriles is 1. The van der Waals surface area contributed by atoms with Gasteiger partial charge in [0.2, 0.25) is 0 Å². The predicted octanol–water partition coefficient (Wildman–Crippen LogP) is 4.98. The van der Waals surface area contributed by atoms with Crippen LogP contribution in [0.4, 0.5) is 4.79 Å². The molecular formula is C23H16N2O3S. The van der Waals surface area contributed by atoms with Gasteiger partial charge in [0.25, 0.3) is 11.1 Å². The Morgan fingerprint density at radius 2 is 1.76 bits per heavy atom. The number of ether oxygens (including phenoxy) is 1. The van der Waals surface area contributed by atoms with E-state index in [1.807, 2.05) is 48.5 Å². The zero-order valence-corrected chi connectivity index (χ0v) is 16.2. The largest absolute Gasteiger partial charge is 0.479 e.